The van der Waals surface area contributed by atoms with Crippen LogP contribution in [0, 0.1) is 11.8 Å². The number of methoxy groups -OCH3 is 1. The Bertz CT molecular complexity index is 819. The van der Waals surface area contributed by atoms with Crippen molar-refractivity contribution >= 4 is 24.1 Å². The molecular weight excluding hydrogens is 546 g/mol. The number of esters is 2. The third kappa shape index (κ3) is 16.6. The number of alkyl carbamates (subject to hydrolysis) is 2. The van der Waals surface area contributed by atoms with Crippen molar-refractivity contribution in [2.45, 2.75) is 98.0 Å². The Morgan fingerprint density at radius 2 is 0.974 bits per heavy atom. The molecular formula is C23H38F6N2O8. The summed E-state index contributed by atoms with van der Waals surface area (Å²) in [5.74, 6) is -6.51. The van der Waals surface area contributed by atoms with Crippen molar-refractivity contribution in [1.29, 1.82) is 0 Å². The normalized spacial score (nSPS) is 15.3. The van der Waals surface area contributed by atoms with E-state index in [0.717, 1.165) is 21.0 Å². The van der Waals surface area contributed by atoms with Crippen molar-refractivity contribution in [2.75, 3.05) is 13.7 Å². The predicted octanol–water partition coefficient (Wildman–Crippen LogP) is 4.89. The standard InChI is InChI=1S/C12H20F3NO4.C11H18F3NO4/c1-6-19-9(17)8(7(2)12(13,14)15)16-10(18)20-11(3,4)5;1-6(11(12,13)14)7(8(16)18-5)15-9(17)19-10(2,3)4/h7-8H,6H2,1-5H3,(H,16,18);6-7H,1-5H3,(H,15,17). The smallest absolute Gasteiger partial charge is 0.408 e. The van der Waals surface area contributed by atoms with E-state index < -0.39 is 71.6 Å². The summed E-state index contributed by atoms with van der Waals surface area (Å²) in [5, 5.41) is 3.78. The molecule has 0 aliphatic carbocycles. The third-order valence-corrected chi connectivity index (χ3v) is 4.37. The Morgan fingerprint density at radius 3 is 1.21 bits per heavy atom. The molecule has 39 heavy (non-hydrogen) atoms. The molecule has 0 aliphatic rings. The molecule has 4 atom stereocenters. The highest BCUT2D eigenvalue weighted by Gasteiger charge is 2.47. The van der Waals surface area contributed by atoms with Crippen LogP contribution in [0.25, 0.3) is 0 Å². The van der Waals surface area contributed by atoms with Gasteiger partial charge >= 0.3 is 36.5 Å². The van der Waals surface area contributed by atoms with Crippen molar-refractivity contribution < 1.29 is 64.5 Å². The molecule has 16 heteroatoms. The molecule has 0 aliphatic heterocycles. The summed E-state index contributed by atoms with van der Waals surface area (Å²) < 4.78 is 94.2. The van der Waals surface area contributed by atoms with Crippen molar-refractivity contribution in [2.24, 2.45) is 11.8 Å². The first kappa shape index (κ1) is 38.2. The van der Waals surface area contributed by atoms with Gasteiger partial charge in [0.2, 0.25) is 0 Å². The molecule has 2 N–H and O–H groups in total. The second kappa shape index (κ2) is 15.0. The van der Waals surface area contributed by atoms with E-state index in [-0.39, 0.29) is 6.61 Å². The molecule has 0 heterocycles. The van der Waals surface area contributed by atoms with Gasteiger partial charge in [0.05, 0.1) is 25.6 Å². The van der Waals surface area contributed by atoms with Gasteiger partial charge in [0.25, 0.3) is 0 Å². The molecule has 0 saturated heterocycles. The minimum atomic E-state index is -4.65. The zero-order valence-electron chi connectivity index (χ0n) is 23.6. The maximum atomic E-state index is 12.7. The lowest BCUT2D eigenvalue weighted by Gasteiger charge is -2.27. The first-order valence-corrected chi connectivity index (χ1v) is 11.6. The molecule has 0 saturated carbocycles. The van der Waals surface area contributed by atoms with Crippen molar-refractivity contribution in [3.63, 3.8) is 0 Å². The van der Waals surface area contributed by atoms with Crippen LogP contribution < -0.4 is 10.6 Å². The quantitative estimate of drug-likeness (QED) is 0.246. The van der Waals surface area contributed by atoms with Crippen LogP contribution in [0.5, 0.6) is 0 Å². The number of rotatable bonds is 7. The van der Waals surface area contributed by atoms with Gasteiger partial charge in [-0.2, -0.15) is 26.3 Å². The van der Waals surface area contributed by atoms with E-state index in [2.05, 4.69) is 9.47 Å². The number of ether oxygens (including phenoxy) is 4. The zero-order valence-corrected chi connectivity index (χ0v) is 23.6. The monoisotopic (exact) mass is 584 g/mol. The van der Waals surface area contributed by atoms with E-state index in [9.17, 15) is 45.5 Å². The van der Waals surface area contributed by atoms with Gasteiger partial charge in [-0.15, -0.1) is 0 Å². The Labute approximate surface area is 223 Å². The summed E-state index contributed by atoms with van der Waals surface area (Å²) in [6, 6.07) is -3.69. The van der Waals surface area contributed by atoms with Crippen LogP contribution in [0.2, 0.25) is 0 Å². The second-order valence-electron chi connectivity index (χ2n) is 10.2. The average molecular weight is 585 g/mol. The molecule has 0 aromatic carbocycles. The van der Waals surface area contributed by atoms with Crippen molar-refractivity contribution in [3.8, 4) is 0 Å². The molecule has 0 bridgehead atoms. The summed E-state index contributed by atoms with van der Waals surface area (Å²) in [4.78, 5) is 45.8. The van der Waals surface area contributed by atoms with Gasteiger partial charge in [-0.1, -0.05) is 13.8 Å². The average Bonchev–Trinajstić information content (AvgIpc) is 2.71. The number of halogens is 6. The minimum absolute atomic E-state index is 0.0874. The van der Waals surface area contributed by atoms with Gasteiger partial charge in [0.15, 0.2) is 0 Å². The van der Waals surface area contributed by atoms with Crippen LogP contribution >= 0.6 is 0 Å². The summed E-state index contributed by atoms with van der Waals surface area (Å²) in [5.41, 5.74) is -1.77. The Balaban J connectivity index is 0. The van der Waals surface area contributed by atoms with Gasteiger partial charge in [-0.05, 0) is 48.5 Å². The van der Waals surface area contributed by atoms with E-state index in [1.807, 2.05) is 10.6 Å². The first-order chi connectivity index (χ1) is 17.3. The van der Waals surface area contributed by atoms with Crippen LogP contribution in [0.1, 0.15) is 62.3 Å². The molecule has 0 radical (unpaired) electrons. The van der Waals surface area contributed by atoms with Gasteiger partial charge in [0.1, 0.15) is 23.3 Å². The SMILES string of the molecule is CCOC(=O)C(NC(=O)OC(C)(C)C)C(C)C(F)(F)F.COC(=O)C(NC(=O)OC(C)(C)C)C(C)C(F)(F)F. The third-order valence-electron chi connectivity index (χ3n) is 4.37. The molecule has 230 valence electrons. The fraction of sp³-hybridized carbons (Fsp3) is 0.826. The summed E-state index contributed by atoms with van der Waals surface area (Å²) in [6.07, 6.45) is -11.5. The molecule has 10 nitrogen and oxygen atoms in total. The Morgan fingerprint density at radius 1 is 0.667 bits per heavy atom. The van der Waals surface area contributed by atoms with Crippen LogP contribution in [0.3, 0.4) is 0 Å². The first-order valence-electron chi connectivity index (χ1n) is 11.6. The van der Waals surface area contributed by atoms with Crippen LogP contribution in [-0.4, -0.2) is 73.5 Å². The summed E-state index contributed by atoms with van der Waals surface area (Å²) >= 11 is 0. The van der Waals surface area contributed by atoms with Crippen LogP contribution in [-0.2, 0) is 28.5 Å². The van der Waals surface area contributed by atoms with E-state index in [4.69, 9.17) is 9.47 Å². The van der Waals surface area contributed by atoms with Gasteiger partial charge in [0, 0.05) is 0 Å². The second-order valence-corrected chi connectivity index (χ2v) is 10.2. The molecule has 0 aromatic rings. The van der Waals surface area contributed by atoms with Crippen LogP contribution in [0.15, 0.2) is 0 Å². The van der Waals surface area contributed by atoms with E-state index in [1.165, 1.54) is 6.92 Å². The number of amides is 2. The number of nitrogens with one attached hydrogen (secondary N) is 2. The number of alkyl halides is 6. The summed E-state index contributed by atoms with van der Waals surface area (Å²) in [6.45, 7) is 12.2. The highest BCUT2D eigenvalue weighted by Crippen LogP contribution is 2.30. The molecule has 4 unspecified atom stereocenters. The topological polar surface area (TPSA) is 129 Å². The van der Waals surface area contributed by atoms with E-state index >= 15 is 0 Å². The lowest BCUT2D eigenvalue weighted by Crippen LogP contribution is -2.51. The van der Waals surface area contributed by atoms with Crippen molar-refractivity contribution in [3.05, 3.63) is 0 Å². The highest BCUT2D eigenvalue weighted by molar-refractivity contribution is 5.82. The predicted molar refractivity (Wildman–Crippen MR) is 125 cm³/mol. The Kier molecular flexibility index (Phi) is 14.7. The lowest BCUT2D eigenvalue weighted by atomic mass is 10.0. The van der Waals surface area contributed by atoms with E-state index in [0.29, 0.717) is 0 Å². The fourth-order valence-electron chi connectivity index (χ4n) is 2.38. The molecule has 0 spiro atoms. The maximum Gasteiger partial charge on any atom is 0.408 e. The molecule has 2 amide bonds. The minimum Gasteiger partial charge on any atom is -0.467 e. The molecule has 0 fully saturated rings. The number of hydrogen-bond donors (Lipinski definition) is 2. The number of hydrogen-bond acceptors (Lipinski definition) is 8. The van der Waals surface area contributed by atoms with Gasteiger partial charge < -0.3 is 29.6 Å². The number of carbonyl (C=O) groups is 4. The molecule has 0 aromatic heterocycles. The fourth-order valence-corrected chi connectivity index (χ4v) is 2.38. The zero-order chi connectivity index (χ0) is 31.6. The van der Waals surface area contributed by atoms with Gasteiger partial charge in [-0.25, -0.2) is 19.2 Å². The van der Waals surface area contributed by atoms with Crippen molar-refractivity contribution in [1.82, 2.24) is 10.6 Å². The van der Waals surface area contributed by atoms with Crippen LogP contribution in [0.4, 0.5) is 35.9 Å². The Hall–Kier alpha value is -2.94. The highest BCUT2D eigenvalue weighted by atomic mass is 19.4. The van der Waals surface area contributed by atoms with E-state index in [1.54, 1.807) is 41.5 Å². The maximum absolute atomic E-state index is 12.7. The molecule has 0 rings (SSSR count). The van der Waals surface area contributed by atoms with Gasteiger partial charge in [-0.3, -0.25) is 0 Å². The largest absolute Gasteiger partial charge is 0.467 e. The number of carbonyl (C=O) groups excluding carboxylic acids is 4. The lowest BCUT2D eigenvalue weighted by molar-refractivity contribution is -0.186. The summed E-state index contributed by atoms with van der Waals surface area (Å²) in [7, 11) is 0.940.